The van der Waals surface area contributed by atoms with Crippen molar-refractivity contribution in [3.8, 4) is 0 Å². The zero-order valence-electron chi connectivity index (χ0n) is 24.4. The van der Waals surface area contributed by atoms with Gasteiger partial charge in [-0.1, -0.05) is 110 Å². The lowest BCUT2D eigenvalue weighted by atomic mass is 10.1. The lowest BCUT2D eigenvalue weighted by Gasteiger charge is -2.21. The van der Waals surface area contributed by atoms with Gasteiger partial charge in [-0.2, -0.15) is 0 Å². The van der Waals surface area contributed by atoms with Crippen LogP contribution in [0.4, 0.5) is 0 Å². The van der Waals surface area contributed by atoms with E-state index in [1.54, 1.807) is 0 Å². The first-order valence-electron chi connectivity index (χ1n) is 15.3. The molecule has 0 aliphatic carbocycles. The summed E-state index contributed by atoms with van der Waals surface area (Å²) in [7, 11) is -4.22. The van der Waals surface area contributed by atoms with Crippen molar-refractivity contribution in [3.05, 3.63) is 30.6 Å². The van der Waals surface area contributed by atoms with E-state index in [4.69, 9.17) is 18.5 Å². The Labute approximate surface area is 233 Å². The monoisotopic (exact) mass is 558 g/mol. The third-order valence-electron chi connectivity index (χ3n) is 6.56. The Balaban J connectivity index is 2.30. The predicted octanol–water partition coefficient (Wildman–Crippen LogP) is 7.79. The van der Waals surface area contributed by atoms with Gasteiger partial charge in [0.1, 0.15) is 12.7 Å². The van der Waals surface area contributed by atoms with Gasteiger partial charge in [-0.15, -0.1) is 0 Å². The molecule has 1 atom stereocenters. The predicted molar refractivity (Wildman–Crippen MR) is 154 cm³/mol. The van der Waals surface area contributed by atoms with Crippen LogP contribution in [0.25, 0.3) is 0 Å². The summed E-state index contributed by atoms with van der Waals surface area (Å²) in [5.74, 6) is 0. The zero-order valence-corrected chi connectivity index (χ0v) is 25.3. The number of ether oxygens (including phenoxy) is 2. The molecule has 1 aromatic rings. The number of rotatable bonds is 28. The molecule has 0 bridgehead atoms. The number of hydrogen-bond donors (Lipinski definition) is 1. The molecular weight excluding hydrogens is 501 g/mol. The number of phosphoric ester groups is 1. The van der Waals surface area contributed by atoms with Crippen LogP contribution < -0.4 is 4.57 Å². The molecule has 0 aliphatic heterocycles. The number of unbranched alkanes of at least 4 members (excludes halogenated alkanes) is 14. The fourth-order valence-corrected chi connectivity index (χ4v) is 5.15. The first-order chi connectivity index (χ1) is 18.6. The highest BCUT2D eigenvalue weighted by atomic mass is 31.2. The van der Waals surface area contributed by atoms with Crippen LogP contribution in [0, 0.1) is 0 Å². The van der Waals surface area contributed by atoms with Gasteiger partial charge in [-0.05, 0) is 12.8 Å². The summed E-state index contributed by atoms with van der Waals surface area (Å²) in [6.07, 6.45) is 22.9. The lowest BCUT2D eigenvalue weighted by Crippen LogP contribution is -2.34. The Bertz CT molecular complexity index is 654. The zero-order chi connectivity index (χ0) is 27.6. The van der Waals surface area contributed by atoms with Crippen LogP contribution in [0.15, 0.2) is 30.6 Å². The fourth-order valence-electron chi connectivity index (χ4n) is 4.28. The maximum Gasteiger partial charge on any atom is 0.472 e. The van der Waals surface area contributed by atoms with Crippen LogP contribution in [0.3, 0.4) is 0 Å². The molecule has 0 radical (unpaired) electrons. The molecule has 1 heterocycles. The van der Waals surface area contributed by atoms with Crippen LogP contribution in [-0.2, 0) is 29.6 Å². The summed E-state index contributed by atoms with van der Waals surface area (Å²) in [5.41, 5.74) is 0. The minimum absolute atomic E-state index is 0.0768. The van der Waals surface area contributed by atoms with Crippen molar-refractivity contribution in [1.29, 1.82) is 0 Å². The van der Waals surface area contributed by atoms with E-state index < -0.39 is 13.9 Å². The molecule has 1 N–H and O–H groups in total. The SMILES string of the molecule is CCCCCCCCCCOCC(COCCCCCCCCCC)OP(=O)(O)OCC[n+]1ccccc1. The second-order valence-electron chi connectivity index (χ2n) is 10.2. The molecular formula is C30H57NO6P+. The van der Waals surface area contributed by atoms with Gasteiger partial charge >= 0.3 is 7.82 Å². The average Bonchev–Trinajstić information content (AvgIpc) is 2.91. The molecule has 1 aromatic heterocycles. The average molecular weight is 559 g/mol. The molecule has 0 aromatic carbocycles. The van der Waals surface area contributed by atoms with Crippen LogP contribution in [0.2, 0.25) is 0 Å². The summed E-state index contributed by atoms with van der Waals surface area (Å²) in [6.45, 7) is 6.69. The molecule has 222 valence electrons. The highest BCUT2D eigenvalue weighted by Gasteiger charge is 2.27. The Morgan fingerprint density at radius 3 is 1.58 bits per heavy atom. The molecule has 38 heavy (non-hydrogen) atoms. The summed E-state index contributed by atoms with van der Waals surface area (Å²) in [5, 5.41) is 0. The summed E-state index contributed by atoms with van der Waals surface area (Å²) < 4.78 is 36.8. The Morgan fingerprint density at radius 1 is 0.658 bits per heavy atom. The molecule has 0 saturated heterocycles. The second-order valence-corrected chi connectivity index (χ2v) is 11.6. The molecule has 1 rings (SSSR count). The van der Waals surface area contributed by atoms with Gasteiger partial charge in [-0.25, -0.2) is 9.13 Å². The van der Waals surface area contributed by atoms with Crippen LogP contribution in [0.5, 0.6) is 0 Å². The second kappa shape index (κ2) is 25.2. The minimum Gasteiger partial charge on any atom is -0.379 e. The number of aromatic nitrogens is 1. The van der Waals surface area contributed by atoms with Crippen molar-refractivity contribution in [3.63, 3.8) is 0 Å². The van der Waals surface area contributed by atoms with Crippen molar-refractivity contribution >= 4 is 7.82 Å². The van der Waals surface area contributed by atoms with Crippen molar-refractivity contribution < 1.29 is 32.5 Å². The van der Waals surface area contributed by atoms with E-state index in [0.29, 0.717) is 19.8 Å². The number of hydrogen-bond acceptors (Lipinski definition) is 5. The topological polar surface area (TPSA) is 78.1 Å². The lowest BCUT2D eigenvalue weighted by molar-refractivity contribution is -0.697. The van der Waals surface area contributed by atoms with E-state index in [0.717, 1.165) is 25.7 Å². The van der Waals surface area contributed by atoms with Crippen molar-refractivity contribution in [2.24, 2.45) is 0 Å². The van der Waals surface area contributed by atoms with Gasteiger partial charge in [-0.3, -0.25) is 9.05 Å². The van der Waals surface area contributed by atoms with E-state index in [1.807, 2.05) is 35.2 Å². The fraction of sp³-hybridized carbons (Fsp3) is 0.833. The molecule has 0 fully saturated rings. The quantitative estimate of drug-likeness (QED) is 0.0642. The highest BCUT2D eigenvalue weighted by Crippen LogP contribution is 2.44. The van der Waals surface area contributed by atoms with E-state index in [9.17, 15) is 9.46 Å². The van der Waals surface area contributed by atoms with Gasteiger partial charge in [0.25, 0.3) is 0 Å². The van der Waals surface area contributed by atoms with E-state index in [-0.39, 0.29) is 19.8 Å². The van der Waals surface area contributed by atoms with Gasteiger partial charge in [0.15, 0.2) is 18.9 Å². The van der Waals surface area contributed by atoms with Gasteiger partial charge in [0.2, 0.25) is 0 Å². The molecule has 0 spiro atoms. The van der Waals surface area contributed by atoms with E-state index in [1.165, 1.54) is 77.0 Å². The number of pyridine rings is 1. The molecule has 0 aliphatic rings. The van der Waals surface area contributed by atoms with Crippen molar-refractivity contribution in [2.75, 3.05) is 33.0 Å². The standard InChI is InChI=1S/C30H56NO6P/c1-3-5-7-9-11-13-15-20-25-34-28-30(29-35-26-21-16-14-12-10-8-6-4-2)37-38(32,33)36-27-24-31-22-18-17-19-23-31/h17-19,22-23,30H,3-16,20-21,24-29H2,1-2H3/p+1. The number of phosphoric acid groups is 1. The van der Waals surface area contributed by atoms with Gasteiger partial charge in [0, 0.05) is 25.3 Å². The first kappa shape index (κ1) is 35.2. The van der Waals surface area contributed by atoms with Crippen molar-refractivity contribution in [2.45, 2.75) is 129 Å². The maximum absolute atomic E-state index is 12.6. The molecule has 8 heteroatoms. The molecule has 1 unspecified atom stereocenters. The molecule has 0 saturated carbocycles. The normalized spacial score (nSPS) is 13.3. The third kappa shape index (κ3) is 22.0. The van der Waals surface area contributed by atoms with E-state index in [2.05, 4.69) is 13.8 Å². The van der Waals surface area contributed by atoms with E-state index >= 15 is 0 Å². The maximum atomic E-state index is 12.6. The first-order valence-corrected chi connectivity index (χ1v) is 16.8. The van der Waals surface area contributed by atoms with Gasteiger partial charge in [0.05, 0.1) is 13.2 Å². The third-order valence-corrected chi connectivity index (χ3v) is 7.63. The Kier molecular flexibility index (Phi) is 23.3. The largest absolute Gasteiger partial charge is 0.472 e. The van der Waals surface area contributed by atoms with Gasteiger partial charge < -0.3 is 14.4 Å². The van der Waals surface area contributed by atoms with Crippen LogP contribution in [-0.4, -0.2) is 44.0 Å². The Hall–Kier alpha value is -0.820. The molecule has 0 amide bonds. The van der Waals surface area contributed by atoms with Crippen LogP contribution in [0.1, 0.15) is 117 Å². The smallest absolute Gasteiger partial charge is 0.379 e. The molecule has 7 nitrogen and oxygen atoms in total. The van der Waals surface area contributed by atoms with Crippen LogP contribution >= 0.6 is 7.82 Å². The summed E-state index contributed by atoms with van der Waals surface area (Å²) in [6, 6.07) is 5.72. The summed E-state index contributed by atoms with van der Waals surface area (Å²) >= 11 is 0. The Morgan fingerprint density at radius 2 is 1.11 bits per heavy atom. The summed E-state index contributed by atoms with van der Waals surface area (Å²) in [4.78, 5) is 10.3. The van der Waals surface area contributed by atoms with Crippen molar-refractivity contribution in [1.82, 2.24) is 0 Å². The minimum atomic E-state index is -4.22. The number of nitrogens with zero attached hydrogens (tertiary/aromatic N) is 1. The highest BCUT2D eigenvalue weighted by molar-refractivity contribution is 7.47.